The predicted octanol–water partition coefficient (Wildman–Crippen LogP) is 2.11. The highest BCUT2D eigenvalue weighted by Gasteiger charge is 2.40. The smallest absolute Gasteiger partial charge is 0.324 e. The van der Waals surface area contributed by atoms with Gasteiger partial charge in [-0.15, -0.1) is 0 Å². The fraction of sp³-hybridized carbons (Fsp3) is 0.667. The van der Waals surface area contributed by atoms with Gasteiger partial charge in [0.05, 0.1) is 17.9 Å². The minimum atomic E-state index is -4.09. The number of nitrogens with one attached hydrogen (secondary N) is 1. The van der Waals surface area contributed by atoms with Crippen molar-refractivity contribution in [3.05, 3.63) is 5.69 Å². The number of rotatable bonds is 5. The van der Waals surface area contributed by atoms with Gasteiger partial charge < -0.3 is 11.1 Å². The highest BCUT2D eigenvalue weighted by Crippen LogP contribution is 2.26. The molecule has 0 amide bonds. The molecule has 0 aliphatic heterocycles. The minimum Gasteiger partial charge on any atom is -0.394 e. The lowest BCUT2D eigenvalue weighted by atomic mass is 10.3. The van der Waals surface area contributed by atoms with Crippen LogP contribution in [0.2, 0.25) is 0 Å². The Balaban J connectivity index is 2.82. The Bertz CT molecular complexity index is 389. The SMILES string of the molecule is CCn1nc(C)c(N)c1NCC(F)(F)C(F)F. The summed E-state index contributed by atoms with van der Waals surface area (Å²) in [6, 6.07) is 0. The highest BCUT2D eigenvalue weighted by molar-refractivity contribution is 5.64. The van der Waals surface area contributed by atoms with Gasteiger partial charge in [0.2, 0.25) is 0 Å². The zero-order valence-corrected chi connectivity index (χ0v) is 9.48. The summed E-state index contributed by atoms with van der Waals surface area (Å²) in [7, 11) is 0. The van der Waals surface area contributed by atoms with E-state index in [1.165, 1.54) is 4.68 Å². The summed E-state index contributed by atoms with van der Waals surface area (Å²) in [4.78, 5) is 0. The van der Waals surface area contributed by atoms with Gasteiger partial charge in [-0.3, -0.25) is 0 Å². The molecule has 1 aromatic heterocycles. The lowest BCUT2D eigenvalue weighted by Gasteiger charge is -2.17. The molecular weight excluding hydrogens is 240 g/mol. The summed E-state index contributed by atoms with van der Waals surface area (Å²) in [5.41, 5.74) is 6.27. The number of alkyl halides is 4. The molecule has 0 aliphatic carbocycles. The number of anilines is 2. The Morgan fingerprint density at radius 3 is 2.53 bits per heavy atom. The average Bonchev–Trinajstić information content (AvgIpc) is 2.52. The fourth-order valence-corrected chi connectivity index (χ4v) is 1.29. The van der Waals surface area contributed by atoms with Crippen LogP contribution in [0.1, 0.15) is 12.6 Å². The van der Waals surface area contributed by atoms with Crippen LogP contribution in [0.5, 0.6) is 0 Å². The molecule has 0 aromatic carbocycles. The number of hydrogen-bond donors (Lipinski definition) is 2. The first kappa shape index (κ1) is 13.6. The van der Waals surface area contributed by atoms with Crippen molar-refractivity contribution in [2.45, 2.75) is 32.7 Å². The van der Waals surface area contributed by atoms with Gasteiger partial charge in [0.15, 0.2) is 0 Å². The van der Waals surface area contributed by atoms with Crippen LogP contribution in [0.15, 0.2) is 0 Å². The Labute approximate surface area is 95.8 Å². The molecule has 0 saturated carbocycles. The van der Waals surface area contributed by atoms with Crippen molar-refractivity contribution in [1.29, 1.82) is 0 Å². The number of aromatic nitrogens is 2. The molecule has 0 bridgehead atoms. The number of hydrogen-bond acceptors (Lipinski definition) is 3. The Hall–Kier alpha value is -1.47. The molecule has 1 rings (SSSR count). The zero-order valence-electron chi connectivity index (χ0n) is 9.48. The van der Waals surface area contributed by atoms with Crippen LogP contribution >= 0.6 is 0 Å². The molecule has 8 heteroatoms. The number of nitrogens with zero attached hydrogens (tertiary/aromatic N) is 2. The molecule has 17 heavy (non-hydrogen) atoms. The molecule has 3 N–H and O–H groups in total. The number of nitrogens with two attached hydrogens (primary N) is 1. The summed E-state index contributed by atoms with van der Waals surface area (Å²) >= 11 is 0. The quantitative estimate of drug-likeness (QED) is 0.791. The van der Waals surface area contributed by atoms with Gasteiger partial charge in [-0.05, 0) is 13.8 Å². The van der Waals surface area contributed by atoms with E-state index in [1.54, 1.807) is 13.8 Å². The van der Waals surface area contributed by atoms with Crippen LogP contribution in [0.25, 0.3) is 0 Å². The van der Waals surface area contributed by atoms with Crippen molar-refractivity contribution in [2.24, 2.45) is 0 Å². The molecule has 1 aromatic rings. The van der Waals surface area contributed by atoms with Crippen LogP contribution in [-0.2, 0) is 6.54 Å². The van der Waals surface area contributed by atoms with E-state index >= 15 is 0 Å². The summed E-state index contributed by atoms with van der Waals surface area (Å²) < 4.78 is 50.7. The van der Waals surface area contributed by atoms with Crippen LogP contribution < -0.4 is 11.1 Å². The van der Waals surface area contributed by atoms with Crippen molar-refractivity contribution < 1.29 is 17.6 Å². The lowest BCUT2D eigenvalue weighted by molar-refractivity contribution is -0.117. The molecule has 0 radical (unpaired) electrons. The first-order chi connectivity index (χ1) is 7.79. The fourth-order valence-electron chi connectivity index (χ4n) is 1.29. The Morgan fingerprint density at radius 2 is 2.06 bits per heavy atom. The van der Waals surface area contributed by atoms with Gasteiger partial charge in [0.25, 0.3) is 0 Å². The molecule has 0 aliphatic rings. The average molecular weight is 254 g/mol. The third-order valence-electron chi connectivity index (χ3n) is 2.28. The molecule has 0 atom stereocenters. The number of nitrogen functional groups attached to an aromatic ring is 1. The van der Waals surface area contributed by atoms with E-state index in [0.29, 0.717) is 12.2 Å². The van der Waals surface area contributed by atoms with Crippen molar-refractivity contribution in [2.75, 3.05) is 17.6 Å². The second-order valence-corrected chi connectivity index (χ2v) is 3.58. The second-order valence-electron chi connectivity index (χ2n) is 3.58. The molecule has 4 nitrogen and oxygen atoms in total. The summed E-state index contributed by atoms with van der Waals surface area (Å²) in [5.74, 6) is -3.95. The lowest BCUT2D eigenvalue weighted by Crippen LogP contribution is -2.35. The zero-order chi connectivity index (χ0) is 13.2. The first-order valence-corrected chi connectivity index (χ1v) is 5.02. The van der Waals surface area contributed by atoms with Crippen LogP contribution in [-0.4, -0.2) is 28.7 Å². The van der Waals surface area contributed by atoms with E-state index in [4.69, 9.17) is 5.73 Å². The highest BCUT2D eigenvalue weighted by atomic mass is 19.3. The first-order valence-electron chi connectivity index (χ1n) is 5.02. The Morgan fingerprint density at radius 1 is 1.47 bits per heavy atom. The molecule has 98 valence electrons. The van der Waals surface area contributed by atoms with E-state index in [9.17, 15) is 17.6 Å². The van der Waals surface area contributed by atoms with Crippen molar-refractivity contribution in [3.8, 4) is 0 Å². The van der Waals surface area contributed by atoms with E-state index in [0.717, 1.165) is 0 Å². The van der Waals surface area contributed by atoms with Gasteiger partial charge in [0, 0.05) is 6.54 Å². The van der Waals surface area contributed by atoms with Gasteiger partial charge in [0.1, 0.15) is 5.82 Å². The van der Waals surface area contributed by atoms with Crippen LogP contribution in [0, 0.1) is 6.92 Å². The van der Waals surface area contributed by atoms with Crippen molar-refractivity contribution >= 4 is 11.5 Å². The molecule has 0 saturated heterocycles. The molecule has 0 fully saturated rings. The van der Waals surface area contributed by atoms with E-state index in [-0.39, 0.29) is 11.5 Å². The third-order valence-corrected chi connectivity index (χ3v) is 2.28. The van der Waals surface area contributed by atoms with Gasteiger partial charge >= 0.3 is 12.3 Å². The van der Waals surface area contributed by atoms with Crippen molar-refractivity contribution in [1.82, 2.24) is 9.78 Å². The van der Waals surface area contributed by atoms with Gasteiger partial charge in [-0.25, -0.2) is 13.5 Å². The van der Waals surface area contributed by atoms with Crippen LogP contribution in [0.3, 0.4) is 0 Å². The van der Waals surface area contributed by atoms with Crippen molar-refractivity contribution in [3.63, 3.8) is 0 Å². The number of halogens is 4. The third kappa shape index (κ3) is 2.80. The van der Waals surface area contributed by atoms with Crippen LogP contribution in [0.4, 0.5) is 29.1 Å². The normalized spacial score (nSPS) is 12.2. The minimum absolute atomic E-state index is 0.144. The molecule has 0 unspecified atom stereocenters. The maximum Gasteiger partial charge on any atom is 0.324 e. The summed E-state index contributed by atoms with van der Waals surface area (Å²) in [5, 5.41) is 6.19. The van der Waals surface area contributed by atoms with Gasteiger partial charge in [-0.2, -0.15) is 13.9 Å². The predicted molar refractivity (Wildman–Crippen MR) is 56.5 cm³/mol. The van der Waals surface area contributed by atoms with E-state index in [2.05, 4.69) is 10.4 Å². The molecule has 1 heterocycles. The van der Waals surface area contributed by atoms with E-state index < -0.39 is 18.9 Å². The maximum absolute atomic E-state index is 12.7. The number of aryl methyl sites for hydroxylation is 2. The monoisotopic (exact) mass is 254 g/mol. The Kier molecular flexibility index (Phi) is 3.84. The largest absolute Gasteiger partial charge is 0.394 e. The summed E-state index contributed by atoms with van der Waals surface area (Å²) in [6.07, 6.45) is -3.71. The second kappa shape index (κ2) is 4.80. The molecule has 0 spiro atoms. The maximum atomic E-state index is 12.7. The summed E-state index contributed by atoms with van der Waals surface area (Å²) in [6.45, 7) is 2.57. The van der Waals surface area contributed by atoms with E-state index in [1.807, 2.05) is 0 Å². The standard InChI is InChI=1S/C9H14F4N4/c1-3-17-7(6(14)5(2)16-17)15-4-9(12,13)8(10)11/h8,15H,3-4,14H2,1-2H3. The molecular formula is C9H14F4N4. The topological polar surface area (TPSA) is 55.9 Å². The van der Waals surface area contributed by atoms with Gasteiger partial charge in [-0.1, -0.05) is 0 Å².